The Labute approximate surface area is 155 Å². The van der Waals surface area contributed by atoms with E-state index in [0.717, 1.165) is 13.1 Å². The Bertz CT molecular complexity index is 708. The highest BCUT2D eigenvalue weighted by atomic mass is 35.5. The van der Waals surface area contributed by atoms with Crippen LogP contribution < -0.4 is 15.4 Å². The monoisotopic (exact) mass is 388 g/mol. The van der Waals surface area contributed by atoms with Crippen LogP contribution in [0.4, 0.5) is 0 Å². The van der Waals surface area contributed by atoms with E-state index in [1.165, 1.54) is 0 Å². The predicted octanol–water partition coefficient (Wildman–Crippen LogP) is 2.95. The van der Waals surface area contributed by atoms with Crippen molar-refractivity contribution >= 4 is 41.5 Å². The molecule has 128 valence electrons. The molecule has 0 aliphatic carbocycles. The summed E-state index contributed by atoms with van der Waals surface area (Å²) in [4.78, 5) is 11.9. The minimum Gasteiger partial charge on any atom is -0.436 e. The molecule has 0 spiro atoms. The quantitative estimate of drug-likeness (QED) is 0.822. The van der Waals surface area contributed by atoms with Crippen LogP contribution in [0.25, 0.3) is 0 Å². The Hall–Kier alpha value is -1.60. The minimum atomic E-state index is -0.253. The molecule has 0 atom stereocenters. The van der Waals surface area contributed by atoms with Crippen LogP contribution in [0, 0.1) is 5.92 Å². The molecule has 0 unspecified atom stereocenters. The summed E-state index contributed by atoms with van der Waals surface area (Å²) in [5, 5.41) is 14.4. The van der Waals surface area contributed by atoms with Crippen LogP contribution in [0.5, 0.6) is 11.6 Å². The maximum atomic E-state index is 11.9. The Morgan fingerprint density at radius 3 is 2.67 bits per heavy atom. The fourth-order valence-corrected chi connectivity index (χ4v) is 2.32. The Morgan fingerprint density at radius 1 is 1.25 bits per heavy atom. The van der Waals surface area contributed by atoms with E-state index in [4.69, 9.17) is 27.9 Å². The largest absolute Gasteiger partial charge is 0.436 e. The third kappa shape index (κ3) is 4.48. The summed E-state index contributed by atoms with van der Waals surface area (Å²) < 4.78 is 5.52. The number of amides is 1. The second-order valence-corrected chi connectivity index (χ2v) is 5.93. The Morgan fingerprint density at radius 2 is 2.04 bits per heavy atom. The van der Waals surface area contributed by atoms with Crippen molar-refractivity contribution in [3.8, 4) is 11.6 Å². The van der Waals surface area contributed by atoms with Gasteiger partial charge in [0.2, 0.25) is 5.88 Å². The summed E-state index contributed by atoms with van der Waals surface area (Å²) in [6, 6.07) is 8.16. The zero-order valence-corrected chi connectivity index (χ0v) is 14.8. The maximum Gasteiger partial charge on any atom is 0.271 e. The van der Waals surface area contributed by atoms with Gasteiger partial charge in [0.1, 0.15) is 10.8 Å². The van der Waals surface area contributed by atoms with Crippen molar-refractivity contribution in [2.75, 3.05) is 19.6 Å². The molecular weight excluding hydrogens is 375 g/mol. The first-order chi connectivity index (χ1) is 11.1. The molecule has 2 aromatic rings. The van der Waals surface area contributed by atoms with Crippen LogP contribution in [0.1, 0.15) is 10.5 Å². The number of halogens is 3. The van der Waals surface area contributed by atoms with Crippen LogP contribution in [-0.2, 0) is 0 Å². The first-order valence-corrected chi connectivity index (χ1v) is 7.83. The highest BCUT2D eigenvalue weighted by molar-refractivity contribution is 6.42. The number of aromatic nitrogens is 2. The fourth-order valence-electron chi connectivity index (χ4n) is 1.99. The van der Waals surface area contributed by atoms with E-state index < -0.39 is 0 Å². The molecule has 1 aliphatic rings. The summed E-state index contributed by atoms with van der Waals surface area (Å²) in [5.41, 5.74) is 0.238. The maximum absolute atomic E-state index is 11.9. The number of nitrogens with zero attached hydrogens (tertiary/aromatic N) is 2. The molecule has 2 N–H and O–H groups in total. The van der Waals surface area contributed by atoms with Crippen LogP contribution in [0.15, 0.2) is 30.3 Å². The summed E-state index contributed by atoms with van der Waals surface area (Å²) >= 11 is 12.0. The van der Waals surface area contributed by atoms with Gasteiger partial charge in [0.25, 0.3) is 5.91 Å². The second kappa shape index (κ2) is 8.48. The van der Waals surface area contributed by atoms with Gasteiger partial charge in [0.05, 0.1) is 5.02 Å². The number of rotatable bonds is 5. The van der Waals surface area contributed by atoms with Crippen LogP contribution in [0.3, 0.4) is 0 Å². The lowest BCUT2D eigenvalue weighted by Gasteiger charge is -2.26. The molecule has 1 aromatic carbocycles. The molecule has 1 amide bonds. The van der Waals surface area contributed by atoms with Gasteiger partial charge >= 0.3 is 0 Å². The van der Waals surface area contributed by atoms with Crippen molar-refractivity contribution < 1.29 is 9.53 Å². The molecule has 3 rings (SSSR count). The number of nitrogens with one attached hydrogen (secondary N) is 2. The molecule has 6 nitrogen and oxygen atoms in total. The Balaban J connectivity index is 0.00000208. The van der Waals surface area contributed by atoms with E-state index in [-0.39, 0.29) is 29.9 Å². The van der Waals surface area contributed by atoms with Crippen LogP contribution in [-0.4, -0.2) is 35.7 Å². The van der Waals surface area contributed by atoms with Crippen molar-refractivity contribution in [3.63, 3.8) is 0 Å². The molecule has 1 aromatic heterocycles. The van der Waals surface area contributed by atoms with Crippen molar-refractivity contribution in [2.45, 2.75) is 0 Å². The third-order valence-corrected chi connectivity index (χ3v) is 4.22. The average Bonchev–Trinajstić information content (AvgIpc) is 2.51. The van der Waals surface area contributed by atoms with Crippen molar-refractivity contribution in [2.24, 2.45) is 5.92 Å². The zero-order valence-electron chi connectivity index (χ0n) is 12.5. The topological polar surface area (TPSA) is 76.1 Å². The van der Waals surface area contributed by atoms with E-state index >= 15 is 0 Å². The van der Waals surface area contributed by atoms with Gasteiger partial charge in [0.15, 0.2) is 5.69 Å². The zero-order chi connectivity index (χ0) is 16.2. The third-order valence-electron chi connectivity index (χ3n) is 3.42. The average molecular weight is 390 g/mol. The molecule has 24 heavy (non-hydrogen) atoms. The standard InChI is InChI=1S/C15H14Cl2N4O2.ClH/c16-10-2-1-3-12(14(10)17)23-13-5-4-11(20-21-13)15(22)19-8-9-6-18-7-9;/h1-5,9,18H,6-8H2,(H,19,22);1H. The minimum absolute atomic E-state index is 0. The second-order valence-electron chi connectivity index (χ2n) is 5.15. The summed E-state index contributed by atoms with van der Waals surface area (Å²) in [7, 11) is 0. The molecular formula is C15H15Cl3N4O2. The number of hydrogen-bond acceptors (Lipinski definition) is 5. The highest BCUT2D eigenvalue weighted by Gasteiger charge is 2.18. The Kier molecular flexibility index (Phi) is 6.62. The van der Waals surface area contributed by atoms with Crippen molar-refractivity contribution in [1.29, 1.82) is 0 Å². The van der Waals surface area contributed by atoms with Gasteiger partial charge < -0.3 is 15.4 Å². The summed E-state index contributed by atoms with van der Waals surface area (Å²) in [6.07, 6.45) is 0. The normalized spacial score (nSPS) is 13.6. The van der Waals surface area contributed by atoms with E-state index in [9.17, 15) is 4.79 Å². The lowest BCUT2D eigenvalue weighted by Crippen LogP contribution is -2.48. The molecule has 0 bridgehead atoms. The molecule has 0 saturated carbocycles. The van der Waals surface area contributed by atoms with Gasteiger partial charge in [-0.2, -0.15) is 0 Å². The van der Waals surface area contributed by atoms with E-state index in [0.29, 0.717) is 28.3 Å². The number of carbonyl (C=O) groups is 1. The van der Waals surface area contributed by atoms with Crippen LogP contribution in [0.2, 0.25) is 10.0 Å². The first kappa shape index (κ1) is 18.7. The van der Waals surface area contributed by atoms with Gasteiger partial charge in [-0.25, -0.2) is 0 Å². The molecule has 1 aliphatic heterocycles. The lowest BCUT2D eigenvalue weighted by atomic mass is 10.0. The lowest BCUT2D eigenvalue weighted by molar-refractivity contribution is 0.0936. The summed E-state index contributed by atoms with van der Waals surface area (Å²) in [6.45, 7) is 2.49. The molecule has 0 radical (unpaired) electrons. The number of benzene rings is 1. The number of carbonyl (C=O) groups excluding carboxylic acids is 1. The smallest absolute Gasteiger partial charge is 0.271 e. The van der Waals surface area contributed by atoms with Gasteiger partial charge in [0, 0.05) is 31.6 Å². The van der Waals surface area contributed by atoms with E-state index in [2.05, 4.69) is 20.8 Å². The number of hydrogen-bond donors (Lipinski definition) is 2. The molecule has 1 fully saturated rings. The van der Waals surface area contributed by atoms with Gasteiger partial charge in [-0.3, -0.25) is 4.79 Å². The summed E-state index contributed by atoms with van der Waals surface area (Å²) in [5.74, 6) is 0.841. The van der Waals surface area contributed by atoms with E-state index in [1.54, 1.807) is 30.3 Å². The van der Waals surface area contributed by atoms with Crippen LogP contribution >= 0.6 is 35.6 Å². The molecule has 9 heteroatoms. The highest BCUT2D eigenvalue weighted by Crippen LogP contribution is 2.33. The van der Waals surface area contributed by atoms with Gasteiger partial charge in [-0.05, 0) is 18.2 Å². The predicted molar refractivity (Wildman–Crippen MR) is 94.5 cm³/mol. The first-order valence-electron chi connectivity index (χ1n) is 7.08. The number of ether oxygens (including phenoxy) is 1. The van der Waals surface area contributed by atoms with Crippen molar-refractivity contribution in [3.05, 3.63) is 46.1 Å². The molecule has 2 heterocycles. The van der Waals surface area contributed by atoms with Crippen molar-refractivity contribution in [1.82, 2.24) is 20.8 Å². The van der Waals surface area contributed by atoms with Gasteiger partial charge in [-0.15, -0.1) is 22.6 Å². The fraction of sp³-hybridized carbons (Fsp3) is 0.267. The van der Waals surface area contributed by atoms with E-state index in [1.807, 2.05) is 0 Å². The SMILES string of the molecule is Cl.O=C(NCC1CNC1)c1ccc(Oc2cccc(Cl)c2Cl)nn1. The van der Waals surface area contributed by atoms with Gasteiger partial charge in [-0.1, -0.05) is 29.3 Å². The molecule has 1 saturated heterocycles.